The molecule has 0 aliphatic carbocycles. The second-order valence-electron chi connectivity index (χ2n) is 3.17. The third-order valence-electron chi connectivity index (χ3n) is 1.91. The van der Waals surface area contributed by atoms with E-state index in [9.17, 15) is 4.79 Å². The Morgan fingerprint density at radius 2 is 2.24 bits per heavy atom. The van der Waals surface area contributed by atoms with Crippen molar-refractivity contribution in [3.63, 3.8) is 0 Å². The van der Waals surface area contributed by atoms with Gasteiger partial charge in [-0.25, -0.2) is 0 Å². The highest BCUT2D eigenvalue weighted by Gasteiger charge is 2.10. The monoisotopic (exact) mass is 381 g/mol. The lowest BCUT2D eigenvalue weighted by Gasteiger charge is -2.09. The van der Waals surface area contributed by atoms with E-state index in [1.807, 2.05) is 24.3 Å². The molecule has 1 atom stereocenters. The fourth-order valence-corrected chi connectivity index (χ4v) is 2.23. The molecule has 1 amide bonds. The van der Waals surface area contributed by atoms with Crippen molar-refractivity contribution >= 4 is 48.9 Å². The van der Waals surface area contributed by atoms with Gasteiger partial charge in [0.05, 0.1) is 12.0 Å². The first kappa shape index (κ1) is 14.9. The van der Waals surface area contributed by atoms with Crippen LogP contribution in [0.15, 0.2) is 29.2 Å². The van der Waals surface area contributed by atoms with Crippen molar-refractivity contribution in [2.75, 3.05) is 19.0 Å². The van der Waals surface area contributed by atoms with Crippen molar-refractivity contribution in [3.8, 4) is 5.75 Å². The SMILES string of the molecule is COc1ccccc1SC(=O)NCC(Br)CBr. The van der Waals surface area contributed by atoms with Crippen LogP contribution >= 0.6 is 43.6 Å². The van der Waals surface area contributed by atoms with Crippen LogP contribution in [0.25, 0.3) is 0 Å². The van der Waals surface area contributed by atoms with Gasteiger partial charge in [-0.05, 0) is 23.9 Å². The highest BCUT2D eigenvalue weighted by Crippen LogP contribution is 2.28. The summed E-state index contributed by atoms with van der Waals surface area (Å²) in [5.41, 5.74) is 0. The van der Waals surface area contributed by atoms with Crippen molar-refractivity contribution in [1.82, 2.24) is 5.32 Å². The van der Waals surface area contributed by atoms with E-state index < -0.39 is 0 Å². The fourth-order valence-electron chi connectivity index (χ4n) is 1.09. The maximum Gasteiger partial charge on any atom is 0.284 e. The maximum absolute atomic E-state index is 11.7. The van der Waals surface area contributed by atoms with E-state index in [1.54, 1.807) is 7.11 Å². The van der Waals surface area contributed by atoms with E-state index in [0.29, 0.717) is 12.3 Å². The molecule has 0 aliphatic heterocycles. The molecule has 3 nitrogen and oxygen atoms in total. The van der Waals surface area contributed by atoms with E-state index >= 15 is 0 Å². The molecule has 1 unspecified atom stereocenters. The topological polar surface area (TPSA) is 38.3 Å². The fraction of sp³-hybridized carbons (Fsp3) is 0.364. The Morgan fingerprint density at radius 1 is 1.53 bits per heavy atom. The van der Waals surface area contributed by atoms with Crippen LogP contribution < -0.4 is 10.1 Å². The standard InChI is InChI=1S/C11H13Br2NO2S/c1-16-9-4-2-3-5-10(9)17-11(15)14-7-8(13)6-12/h2-5,8H,6-7H2,1H3,(H,14,15). The number of ether oxygens (including phenoxy) is 1. The van der Waals surface area contributed by atoms with Crippen molar-refractivity contribution in [3.05, 3.63) is 24.3 Å². The lowest BCUT2D eigenvalue weighted by molar-refractivity contribution is 0.261. The van der Waals surface area contributed by atoms with Gasteiger partial charge in [-0.3, -0.25) is 4.79 Å². The zero-order valence-electron chi connectivity index (χ0n) is 9.28. The Hall–Kier alpha value is -0.200. The van der Waals surface area contributed by atoms with Crippen molar-refractivity contribution in [2.24, 2.45) is 0 Å². The van der Waals surface area contributed by atoms with Gasteiger partial charge in [-0.15, -0.1) is 0 Å². The molecule has 0 radical (unpaired) electrons. The van der Waals surface area contributed by atoms with Crippen LogP contribution in [-0.4, -0.2) is 29.1 Å². The summed E-state index contributed by atoms with van der Waals surface area (Å²) in [6.45, 7) is 0.590. The number of para-hydroxylation sites is 1. The molecular formula is C11H13Br2NO2S. The number of alkyl halides is 2. The van der Waals surface area contributed by atoms with Gasteiger partial charge in [0.15, 0.2) is 0 Å². The van der Waals surface area contributed by atoms with Gasteiger partial charge in [0.25, 0.3) is 5.24 Å². The quantitative estimate of drug-likeness (QED) is 0.623. The average molecular weight is 383 g/mol. The van der Waals surface area contributed by atoms with Crippen LogP contribution in [0.1, 0.15) is 0 Å². The van der Waals surface area contributed by atoms with Crippen LogP contribution in [0.2, 0.25) is 0 Å². The molecule has 0 fully saturated rings. The van der Waals surface area contributed by atoms with E-state index in [-0.39, 0.29) is 10.1 Å². The third kappa shape index (κ3) is 5.31. The molecule has 0 saturated heterocycles. The first-order valence-electron chi connectivity index (χ1n) is 4.96. The summed E-state index contributed by atoms with van der Waals surface area (Å²) in [5, 5.41) is 3.54. The Bertz CT molecular complexity index is 376. The van der Waals surface area contributed by atoms with Gasteiger partial charge in [0, 0.05) is 16.7 Å². The summed E-state index contributed by atoms with van der Waals surface area (Å²) in [6.07, 6.45) is 0. The predicted molar refractivity (Wildman–Crippen MR) is 78.8 cm³/mol. The Kier molecular flexibility index (Phi) is 6.99. The largest absolute Gasteiger partial charge is 0.496 e. The summed E-state index contributed by atoms with van der Waals surface area (Å²) < 4.78 is 5.18. The third-order valence-corrected chi connectivity index (χ3v) is 5.09. The molecule has 1 rings (SSSR count). The summed E-state index contributed by atoms with van der Waals surface area (Å²) in [7, 11) is 1.59. The van der Waals surface area contributed by atoms with Crippen LogP contribution in [0.4, 0.5) is 4.79 Å². The second-order valence-corrected chi connectivity index (χ2v) is 6.13. The highest BCUT2D eigenvalue weighted by atomic mass is 79.9. The van der Waals surface area contributed by atoms with Crippen LogP contribution in [-0.2, 0) is 0 Å². The minimum atomic E-state index is -0.0834. The van der Waals surface area contributed by atoms with Crippen molar-refractivity contribution in [1.29, 1.82) is 0 Å². The predicted octanol–water partition coefficient (Wildman–Crippen LogP) is 3.66. The molecule has 0 spiro atoms. The summed E-state index contributed by atoms with van der Waals surface area (Å²) in [6, 6.07) is 7.45. The molecule has 0 saturated carbocycles. The van der Waals surface area contributed by atoms with Crippen LogP contribution in [0.3, 0.4) is 0 Å². The molecule has 94 valence electrons. The minimum Gasteiger partial charge on any atom is -0.496 e. The number of thioether (sulfide) groups is 1. The molecular weight excluding hydrogens is 370 g/mol. The van der Waals surface area contributed by atoms with Crippen LogP contribution in [0.5, 0.6) is 5.75 Å². The molecule has 1 N–H and O–H groups in total. The van der Waals surface area contributed by atoms with Gasteiger partial charge in [-0.2, -0.15) is 0 Å². The number of hydrogen-bond acceptors (Lipinski definition) is 3. The molecule has 0 aromatic heterocycles. The van der Waals surface area contributed by atoms with Crippen LogP contribution in [0, 0.1) is 0 Å². The lowest BCUT2D eigenvalue weighted by atomic mass is 10.3. The number of benzene rings is 1. The first-order valence-corrected chi connectivity index (χ1v) is 7.81. The smallest absolute Gasteiger partial charge is 0.284 e. The molecule has 6 heteroatoms. The molecule has 17 heavy (non-hydrogen) atoms. The highest BCUT2D eigenvalue weighted by molar-refractivity contribution is 9.12. The van der Waals surface area contributed by atoms with E-state index in [1.165, 1.54) is 0 Å². The minimum absolute atomic E-state index is 0.0834. The number of rotatable bonds is 5. The Morgan fingerprint density at radius 3 is 2.88 bits per heavy atom. The molecule has 1 aromatic rings. The van der Waals surface area contributed by atoms with Gasteiger partial charge in [0.2, 0.25) is 0 Å². The molecule has 0 bridgehead atoms. The van der Waals surface area contributed by atoms with Gasteiger partial charge in [-0.1, -0.05) is 44.0 Å². The zero-order valence-corrected chi connectivity index (χ0v) is 13.3. The number of amides is 1. The first-order chi connectivity index (χ1) is 8.17. The normalized spacial score (nSPS) is 11.9. The number of hydrogen-bond donors (Lipinski definition) is 1. The van der Waals surface area contributed by atoms with Gasteiger partial charge < -0.3 is 10.1 Å². The molecule has 0 heterocycles. The number of methoxy groups -OCH3 is 1. The van der Waals surface area contributed by atoms with Crippen molar-refractivity contribution in [2.45, 2.75) is 9.72 Å². The lowest BCUT2D eigenvalue weighted by Crippen LogP contribution is -2.26. The van der Waals surface area contributed by atoms with E-state index in [4.69, 9.17) is 4.74 Å². The maximum atomic E-state index is 11.7. The van der Waals surface area contributed by atoms with E-state index in [2.05, 4.69) is 37.2 Å². The van der Waals surface area contributed by atoms with Crippen molar-refractivity contribution < 1.29 is 9.53 Å². The summed E-state index contributed by atoms with van der Waals surface area (Å²) in [5.74, 6) is 0.712. The Labute approximate surface area is 122 Å². The van der Waals surface area contributed by atoms with Gasteiger partial charge >= 0.3 is 0 Å². The van der Waals surface area contributed by atoms with E-state index in [0.717, 1.165) is 22.0 Å². The summed E-state index contributed by atoms with van der Waals surface area (Å²) >= 11 is 7.89. The second kappa shape index (κ2) is 8.00. The molecule has 1 aromatic carbocycles. The number of carbonyl (C=O) groups excluding carboxylic acids is 1. The van der Waals surface area contributed by atoms with Gasteiger partial charge in [0.1, 0.15) is 5.75 Å². The zero-order chi connectivity index (χ0) is 12.7. The number of nitrogens with one attached hydrogen (secondary N) is 1. The molecule has 0 aliphatic rings. The Balaban J connectivity index is 2.50. The average Bonchev–Trinajstić information content (AvgIpc) is 2.36. The number of halogens is 2. The number of carbonyl (C=O) groups is 1. The summed E-state index contributed by atoms with van der Waals surface area (Å²) in [4.78, 5) is 12.7.